The van der Waals surface area contributed by atoms with Crippen LogP contribution in [0.5, 0.6) is 0 Å². The first-order valence-electron chi connectivity index (χ1n) is 6.44. The fraction of sp³-hybridized carbons (Fsp3) is 0.692. The second kappa shape index (κ2) is 5.00. The number of nitrogens with two attached hydrogens (primary N) is 1. The van der Waals surface area contributed by atoms with Crippen LogP contribution in [0.2, 0.25) is 0 Å². The fourth-order valence-electron chi connectivity index (χ4n) is 2.36. The van der Waals surface area contributed by atoms with Crippen LogP contribution in [-0.2, 0) is 0 Å². The third-order valence-corrected chi connectivity index (χ3v) is 3.32. The summed E-state index contributed by atoms with van der Waals surface area (Å²) in [5.74, 6) is 2.35. The van der Waals surface area contributed by atoms with E-state index in [1.54, 1.807) is 0 Å². The molecule has 0 radical (unpaired) electrons. The van der Waals surface area contributed by atoms with E-state index >= 15 is 0 Å². The minimum absolute atomic E-state index is 0.368. The van der Waals surface area contributed by atoms with Gasteiger partial charge in [0.25, 0.3) is 0 Å². The zero-order chi connectivity index (χ0) is 12.4. The van der Waals surface area contributed by atoms with Gasteiger partial charge in [0.05, 0.1) is 0 Å². The Morgan fingerprint density at radius 3 is 2.88 bits per heavy atom. The van der Waals surface area contributed by atoms with Crippen molar-refractivity contribution >= 4 is 5.82 Å². The highest BCUT2D eigenvalue weighted by atomic mass is 15.2. The molecule has 0 bridgehead atoms. The van der Waals surface area contributed by atoms with Crippen LogP contribution in [0.4, 0.5) is 5.82 Å². The Labute approximate surface area is 103 Å². The topological polar surface area (TPSA) is 55.0 Å². The summed E-state index contributed by atoms with van der Waals surface area (Å²) in [6.45, 7) is 8.06. The van der Waals surface area contributed by atoms with Crippen LogP contribution < -0.4 is 10.6 Å². The molecule has 2 rings (SSSR count). The average molecular weight is 234 g/mol. The molecule has 1 aliphatic heterocycles. The first-order valence-corrected chi connectivity index (χ1v) is 6.44. The Morgan fingerprint density at radius 1 is 1.47 bits per heavy atom. The van der Waals surface area contributed by atoms with Gasteiger partial charge in [-0.1, -0.05) is 13.8 Å². The van der Waals surface area contributed by atoms with Crippen molar-refractivity contribution in [3.8, 4) is 0 Å². The van der Waals surface area contributed by atoms with Gasteiger partial charge < -0.3 is 10.6 Å². The summed E-state index contributed by atoms with van der Waals surface area (Å²) in [7, 11) is 0. The largest absolute Gasteiger partial charge is 0.352 e. The minimum Gasteiger partial charge on any atom is -0.352 e. The zero-order valence-electron chi connectivity index (χ0n) is 11.0. The second-order valence-corrected chi connectivity index (χ2v) is 5.11. The lowest BCUT2D eigenvalue weighted by Crippen LogP contribution is -2.36. The Hall–Kier alpha value is -1.16. The van der Waals surface area contributed by atoms with E-state index in [-0.39, 0.29) is 0 Å². The molecule has 2 heterocycles. The van der Waals surface area contributed by atoms with Crippen LogP contribution in [0.1, 0.15) is 44.1 Å². The number of nitrogens with zero attached hydrogens (tertiary/aromatic N) is 3. The Balaban J connectivity index is 2.31. The van der Waals surface area contributed by atoms with Gasteiger partial charge in [-0.05, 0) is 19.8 Å². The normalized spacial score (nSPS) is 20.3. The SMILES string of the molecule is Cc1cc(N2CCCC2CN)nc(C(C)C)n1. The van der Waals surface area contributed by atoms with Gasteiger partial charge in [-0.2, -0.15) is 0 Å². The first kappa shape index (κ1) is 12.3. The molecule has 4 heteroatoms. The highest BCUT2D eigenvalue weighted by Gasteiger charge is 2.25. The molecule has 4 nitrogen and oxygen atoms in total. The van der Waals surface area contributed by atoms with Gasteiger partial charge in [0.2, 0.25) is 0 Å². The molecule has 1 fully saturated rings. The summed E-state index contributed by atoms with van der Waals surface area (Å²) in [4.78, 5) is 11.5. The predicted molar refractivity (Wildman–Crippen MR) is 70.3 cm³/mol. The summed E-state index contributed by atoms with van der Waals surface area (Å²) < 4.78 is 0. The zero-order valence-corrected chi connectivity index (χ0v) is 11.0. The summed E-state index contributed by atoms with van der Waals surface area (Å²) >= 11 is 0. The maximum Gasteiger partial charge on any atom is 0.133 e. The van der Waals surface area contributed by atoms with Crippen molar-refractivity contribution in [3.63, 3.8) is 0 Å². The number of hydrogen-bond acceptors (Lipinski definition) is 4. The number of aryl methyl sites for hydroxylation is 1. The number of rotatable bonds is 3. The van der Waals surface area contributed by atoms with E-state index < -0.39 is 0 Å². The highest BCUT2D eigenvalue weighted by molar-refractivity contribution is 5.42. The Bertz CT molecular complexity index is 389. The maximum absolute atomic E-state index is 5.81. The standard InChI is InChI=1S/C13H22N4/c1-9(2)13-15-10(3)7-12(16-13)17-6-4-5-11(17)8-14/h7,9,11H,4-6,8,14H2,1-3H3. The van der Waals surface area contributed by atoms with Crippen LogP contribution in [-0.4, -0.2) is 29.1 Å². The van der Waals surface area contributed by atoms with E-state index in [9.17, 15) is 0 Å². The second-order valence-electron chi connectivity index (χ2n) is 5.11. The van der Waals surface area contributed by atoms with E-state index in [0.29, 0.717) is 18.5 Å². The molecule has 94 valence electrons. The highest BCUT2D eigenvalue weighted by Crippen LogP contribution is 2.25. The molecule has 1 aliphatic rings. The van der Waals surface area contributed by atoms with Crippen LogP contribution in [0.15, 0.2) is 6.07 Å². The molecule has 0 saturated carbocycles. The summed E-state index contributed by atoms with van der Waals surface area (Å²) in [5, 5.41) is 0. The maximum atomic E-state index is 5.81. The Kier molecular flexibility index (Phi) is 3.62. The van der Waals surface area contributed by atoms with Crippen molar-refractivity contribution in [1.29, 1.82) is 0 Å². The van der Waals surface area contributed by atoms with Crippen molar-refractivity contribution in [1.82, 2.24) is 9.97 Å². The minimum atomic E-state index is 0.368. The molecule has 1 aromatic rings. The van der Waals surface area contributed by atoms with Crippen LogP contribution in [0, 0.1) is 6.92 Å². The van der Waals surface area contributed by atoms with E-state index in [2.05, 4.69) is 34.8 Å². The molecule has 0 aromatic carbocycles. The van der Waals surface area contributed by atoms with E-state index in [1.165, 1.54) is 12.8 Å². The lowest BCUT2D eigenvalue weighted by molar-refractivity contribution is 0.663. The summed E-state index contributed by atoms with van der Waals surface area (Å²) in [6, 6.07) is 2.52. The molecule has 1 unspecified atom stereocenters. The van der Waals surface area contributed by atoms with Gasteiger partial charge >= 0.3 is 0 Å². The molecule has 0 amide bonds. The lowest BCUT2D eigenvalue weighted by atomic mass is 10.2. The number of hydrogen-bond donors (Lipinski definition) is 1. The molecular weight excluding hydrogens is 212 g/mol. The quantitative estimate of drug-likeness (QED) is 0.867. The molecule has 2 N–H and O–H groups in total. The van der Waals surface area contributed by atoms with Gasteiger partial charge in [0.1, 0.15) is 11.6 Å². The van der Waals surface area contributed by atoms with Crippen LogP contribution in [0.3, 0.4) is 0 Å². The third-order valence-electron chi connectivity index (χ3n) is 3.32. The van der Waals surface area contributed by atoms with Gasteiger partial charge in [0.15, 0.2) is 0 Å². The lowest BCUT2D eigenvalue weighted by Gasteiger charge is -2.25. The van der Waals surface area contributed by atoms with Crippen molar-refractivity contribution < 1.29 is 0 Å². The molecule has 17 heavy (non-hydrogen) atoms. The van der Waals surface area contributed by atoms with Gasteiger partial charge in [0, 0.05) is 36.8 Å². The third kappa shape index (κ3) is 2.57. The van der Waals surface area contributed by atoms with Gasteiger partial charge in [-0.25, -0.2) is 9.97 Å². The molecule has 0 aliphatic carbocycles. The van der Waals surface area contributed by atoms with Crippen molar-refractivity contribution in [2.24, 2.45) is 5.73 Å². The molecule has 1 saturated heterocycles. The van der Waals surface area contributed by atoms with Crippen molar-refractivity contribution in [2.75, 3.05) is 18.0 Å². The molecule has 0 spiro atoms. The fourth-order valence-corrected chi connectivity index (χ4v) is 2.36. The summed E-state index contributed by atoms with van der Waals surface area (Å²) in [5.41, 5.74) is 6.86. The number of anilines is 1. The van der Waals surface area contributed by atoms with Crippen LogP contribution >= 0.6 is 0 Å². The van der Waals surface area contributed by atoms with E-state index in [4.69, 9.17) is 5.73 Å². The molecular formula is C13H22N4. The van der Waals surface area contributed by atoms with Crippen molar-refractivity contribution in [3.05, 3.63) is 17.6 Å². The van der Waals surface area contributed by atoms with Gasteiger partial charge in [-0.15, -0.1) is 0 Å². The molecule has 1 aromatic heterocycles. The monoisotopic (exact) mass is 234 g/mol. The number of aromatic nitrogens is 2. The van der Waals surface area contributed by atoms with Gasteiger partial charge in [-0.3, -0.25) is 0 Å². The smallest absolute Gasteiger partial charge is 0.133 e. The first-order chi connectivity index (χ1) is 8.11. The summed E-state index contributed by atoms with van der Waals surface area (Å²) in [6.07, 6.45) is 2.39. The van der Waals surface area contributed by atoms with Crippen molar-refractivity contribution in [2.45, 2.75) is 45.6 Å². The Morgan fingerprint density at radius 2 is 2.24 bits per heavy atom. The predicted octanol–water partition coefficient (Wildman–Crippen LogP) is 1.84. The molecule has 1 atom stereocenters. The van der Waals surface area contributed by atoms with E-state index in [0.717, 1.165) is 23.9 Å². The van der Waals surface area contributed by atoms with Crippen LogP contribution in [0.25, 0.3) is 0 Å². The van der Waals surface area contributed by atoms with E-state index in [1.807, 2.05) is 6.92 Å². The average Bonchev–Trinajstić information content (AvgIpc) is 2.76.